The molecule has 2 aromatic heterocycles. The van der Waals surface area contributed by atoms with Gasteiger partial charge in [-0.1, -0.05) is 43.3 Å². The topological polar surface area (TPSA) is 100 Å². The van der Waals surface area contributed by atoms with Crippen LogP contribution in [0.15, 0.2) is 73.2 Å². The van der Waals surface area contributed by atoms with Gasteiger partial charge in [0.15, 0.2) is 11.6 Å². The summed E-state index contributed by atoms with van der Waals surface area (Å²) in [6.45, 7) is 10.0. The minimum Gasteiger partial charge on any atom is -0.490 e. The molecule has 214 valence electrons. The molecule has 1 saturated carbocycles. The molecule has 1 N–H and O–H groups in total. The maximum absolute atomic E-state index is 13.9. The van der Waals surface area contributed by atoms with Crippen LogP contribution in [0.1, 0.15) is 58.6 Å². The third-order valence-corrected chi connectivity index (χ3v) is 6.92. The largest absolute Gasteiger partial charge is 0.490 e. The fourth-order valence-corrected chi connectivity index (χ4v) is 4.55. The molecule has 41 heavy (non-hydrogen) atoms. The van der Waals surface area contributed by atoms with Crippen LogP contribution in [0.4, 0.5) is 9.18 Å². The van der Waals surface area contributed by atoms with Gasteiger partial charge in [-0.2, -0.15) is 4.68 Å². The number of alkyl carbamates (subject to hydrolysis) is 1. The third kappa shape index (κ3) is 6.82. The van der Waals surface area contributed by atoms with Crippen molar-refractivity contribution in [2.45, 2.75) is 70.6 Å². The van der Waals surface area contributed by atoms with Gasteiger partial charge < -0.3 is 19.5 Å². The first-order valence-electron chi connectivity index (χ1n) is 13.5. The second-order valence-electron chi connectivity index (χ2n) is 11.7. The second-order valence-corrected chi connectivity index (χ2v) is 11.7. The molecule has 2 heterocycles. The summed E-state index contributed by atoms with van der Waals surface area (Å²) in [6, 6.07) is 17.0. The zero-order valence-corrected chi connectivity index (χ0v) is 23.8. The van der Waals surface area contributed by atoms with Crippen molar-refractivity contribution in [1.82, 2.24) is 25.3 Å². The number of pyridine rings is 1. The second kappa shape index (κ2) is 11.2. The van der Waals surface area contributed by atoms with Crippen molar-refractivity contribution in [3.8, 4) is 23.1 Å². The number of carbonyl (C=O) groups excluding carboxylic acids is 1. The lowest BCUT2D eigenvalue weighted by Crippen LogP contribution is -2.46. The summed E-state index contributed by atoms with van der Waals surface area (Å²) < 4.78 is 32.8. The van der Waals surface area contributed by atoms with Gasteiger partial charge in [0.2, 0.25) is 0 Å². The summed E-state index contributed by atoms with van der Waals surface area (Å²) in [5.41, 5.74) is 1.58. The fraction of sp³-hybridized carbons (Fsp3) is 0.355. The van der Waals surface area contributed by atoms with Gasteiger partial charge in [-0.05, 0) is 56.2 Å². The van der Waals surface area contributed by atoms with Crippen molar-refractivity contribution in [3.63, 3.8) is 0 Å². The number of hydrogen-bond acceptors (Lipinski definition) is 7. The molecule has 1 aliphatic carbocycles. The summed E-state index contributed by atoms with van der Waals surface area (Å²) in [5.74, 6) is 1.38. The molecular weight excluding hydrogens is 525 g/mol. The third-order valence-electron chi connectivity index (χ3n) is 6.92. The van der Waals surface area contributed by atoms with Crippen LogP contribution in [-0.2, 0) is 10.2 Å². The Kier molecular flexibility index (Phi) is 7.66. The number of halogens is 1. The van der Waals surface area contributed by atoms with E-state index in [1.54, 1.807) is 6.20 Å². The van der Waals surface area contributed by atoms with E-state index < -0.39 is 11.9 Å². The summed E-state index contributed by atoms with van der Waals surface area (Å²) in [7, 11) is 0. The van der Waals surface area contributed by atoms with E-state index in [1.165, 1.54) is 16.9 Å². The molecule has 0 unspecified atom stereocenters. The molecule has 0 radical (unpaired) electrons. The molecule has 0 saturated heterocycles. The van der Waals surface area contributed by atoms with E-state index >= 15 is 0 Å². The predicted molar refractivity (Wildman–Crippen MR) is 151 cm³/mol. The highest BCUT2D eigenvalue weighted by molar-refractivity contribution is 5.68. The summed E-state index contributed by atoms with van der Waals surface area (Å²) in [4.78, 5) is 16.0. The summed E-state index contributed by atoms with van der Waals surface area (Å²) >= 11 is 0. The van der Waals surface area contributed by atoms with E-state index in [1.807, 2.05) is 57.2 Å². The lowest BCUT2D eigenvalue weighted by atomic mass is 9.78. The van der Waals surface area contributed by atoms with E-state index in [0.717, 1.165) is 23.1 Å². The maximum atomic E-state index is 13.9. The lowest BCUT2D eigenvalue weighted by Gasteiger charge is -2.35. The number of benzene rings is 2. The smallest absolute Gasteiger partial charge is 0.407 e. The van der Waals surface area contributed by atoms with Crippen LogP contribution >= 0.6 is 0 Å². The normalized spacial score (nSPS) is 16.9. The van der Waals surface area contributed by atoms with Crippen molar-refractivity contribution in [2.75, 3.05) is 0 Å². The highest BCUT2D eigenvalue weighted by Crippen LogP contribution is 2.35. The van der Waals surface area contributed by atoms with Gasteiger partial charge in [-0.3, -0.25) is 0 Å². The van der Waals surface area contributed by atoms with Crippen molar-refractivity contribution in [2.24, 2.45) is 0 Å². The minimum atomic E-state index is -0.511. The zero-order chi connectivity index (χ0) is 29.2. The lowest BCUT2D eigenvalue weighted by molar-refractivity contribution is -0.0243. The standard InChI is InChI=1S/C31H34FN5O4/c1-30(2,3)35-29(38)41-26-17-25(18-26)39-23-10-6-20(7-11-23)31(4,5)21-8-12-24(13-9-21)40-27-16-22(32)19-33-28(27)37-15-14-34-36-37/h6-16,19,25-26H,17-18H2,1-5H3,(H,35,38). The number of aromatic nitrogens is 4. The minimum absolute atomic E-state index is 0.0206. The van der Waals surface area contributed by atoms with Crippen molar-refractivity contribution in [3.05, 3.63) is 90.1 Å². The Bertz CT molecular complexity index is 1480. The molecule has 2 aromatic carbocycles. The zero-order valence-electron chi connectivity index (χ0n) is 23.8. The average molecular weight is 560 g/mol. The van der Waals surface area contributed by atoms with E-state index in [0.29, 0.717) is 24.4 Å². The van der Waals surface area contributed by atoms with E-state index in [2.05, 4.69) is 46.6 Å². The molecule has 1 amide bonds. The monoisotopic (exact) mass is 559 g/mol. The number of amides is 1. The Morgan fingerprint density at radius 1 is 0.951 bits per heavy atom. The van der Waals surface area contributed by atoms with E-state index in [9.17, 15) is 9.18 Å². The van der Waals surface area contributed by atoms with Crippen molar-refractivity contribution in [1.29, 1.82) is 0 Å². The molecule has 4 aromatic rings. The number of carbonyl (C=O) groups is 1. The number of ether oxygens (including phenoxy) is 3. The van der Waals surface area contributed by atoms with Crippen molar-refractivity contribution < 1.29 is 23.4 Å². The molecule has 9 nitrogen and oxygen atoms in total. The molecule has 1 aliphatic rings. The first-order chi connectivity index (χ1) is 19.5. The summed E-state index contributed by atoms with van der Waals surface area (Å²) in [6.07, 6.45) is 5.08. The Morgan fingerprint density at radius 3 is 2.17 bits per heavy atom. The predicted octanol–water partition coefficient (Wildman–Crippen LogP) is 6.35. The maximum Gasteiger partial charge on any atom is 0.407 e. The Morgan fingerprint density at radius 2 is 1.59 bits per heavy atom. The number of nitrogens with zero attached hydrogens (tertiary/aromatic N) is 4. The first-order valence-corrected chi connectivity index (χ1v) is 13.5. The molecule has 0 atom stereocenters. The number of nitrogens with one attached hydrogen (secondary N) is 1. The van der Waals surface area contributed by atoms with Gasteiger partial charge in [0.05, 0.1) is 18.6 Å². The first kappa shape index (κ1) is 28.1. The van der Waals surface area contributed by atoms with Gasteiger partial charge in [-0.25, -0.2) is 14.2 Å². The van der Waals surface area contributed by atoms with Crippen LogP contribution in [0.5, 0.6) is 17.2 Å². The molecule has 0 spiro atoms. The van der Waals surface area contributed by atoms with E-state index in [4.69, 9.17) is 14.2 Å². The quantitative estimate of drug-likeness (QED) is 0.268. The molecule has 0 bridgehead atoms. The molecule has 1 fully saturated rings. The molecule has 0 aliphatic heterocycles. The van der Waals surface area contributed by atoms with Gasteiger partial charge in [0.1, 0.15) is 29.5 Å². The molecule has 10 heteroatoms. The van der Waals surface area contributed by atoms with Crippen molar-refractivity contribution >= 4 is 6.09 Å². The van der Waals surface area contributed by atoms with Gasteiger partial charge in [0.25, 0.3) is 0 Å². The Hall–Kier alpha value is -4.47. The van der Waals surface area contributed by atoms with Gasteiger partial charge in [-0.15, -0.1) is 5.10 Å². The van der Waals surface area contributed by atoms with Crippen LogP contribution in [-0.4, -0.2) is 43.8 Å². The van der Waals surface area contributed by atoms with Crippen LogP contribution in [0, 0.1) is 5.82 Å². The number of rotatable bonds is 8. The average Bonchev–Trinajstić information content (AvgIpc) is 3.42. The van der Waals surface area contributed by atoms with Gasteiger partial charge in [0, 0.05) is 29.9 Å². The highest BCUT2D eigenvalue weighted by atomic mass is 19.1. The Balaban J connectivity index is 1.18. The van der Waals surface area contributed by atoms with Crippen LogP contribution in [0.3, 0.4) is 0 Å². The number of hydrogen-bond donors (Lipinski definition) is 1. The Labute approximate surface area is 238 Å². The summed E-state index contributed by atoms with van der Waals surface area (Å²) in [5, 5.41) is 10.5. The highest BCUT2D eigenvalue weighted by Gasteiger charge is 2.34. The van der Waals surface area contributed by atoms with Crippen LogP contribution in [0.2, 0.25) is 0 Å². The van der Waals surface area contributed by atoms with Gasteiger partial charge >= 0.3 is 6.09 Å². The van der Waals surface area contributed by atoms with Crippen LogP contribution < -0.4 is 14.8 Å². The fourth-order valence-electron chi connectivity index (χ4n) is 4.55. The SMILES string of the molecule is CC(C)(C)NC(=O)OC1CC(Oc2ccc(C(C)(C)c3ccc(Oc4cc(F)cnc4-n4ccnn4)cc3)cc2)C1. The van der Waals surface area contributed by atoms with E-state index in [-0.39, 0.29) is 28.9 Å². The molecule has 5 rings (SSSR count). The van der Waals surface area contributed by atoms with Crippen LogP contribution in [0.25, 0.3) is 5.82 Å². The molecular formula is C31H34FN5O4.